The lowest BCUT2D eigenvalue weighted by molar-refractivity contribution is -0.0423. The van der Waals surface area contributed by atoms with Crippen LogP contribution < -0.4 is 0 Å². The second-order valence-electron chi connectivity index (χ2n) is 8.52. The van der Waals surface area contributed by atoms with Crippen LogP contribution in [0.25, 0.3) is 22.3 Å². The predicted octanol–water partition coefficient (Wildman–Crippen LogP) is 2.37. The van der Waals surface area contributed by atoms with Crippen molar-refractivity contribution in [2.24, 2.45) is 0 Å². The summed E-state index contributed by atoms with van der Waals surface area (Å²) in [4.78, 5) is 28.0. The Kier molecular flexibility index (Phi) is 5.27. The van der Waals surface area contributed by atoms with E-state index < -0.39 is 0 Å². The normalized spacial score (nSPS) is 18.9. The van der Waals surface area contributed by atoms with Crippen LogP contribution in [0, 0.1) is 11.3 Å². The first-order chi connectivity index (χ1) is 15.6. The molecule has 3 aromatic rings. The van der Waals surface area contributed by atoms with Crippen LogP contribution in [0.2, 0.25) is 0 Å². The van der Waals surface area contributed by atoms with Crippen LogP contribution in [0.5, 0.6) is 0 Å². The number of carbonyl (C=O) groups excluding carboxylic acids is 1. The summed E-state index contributed by atoms with van der Waals surface area (Å²) in [5, 5.41) is 15.1. The molecule has 0 atom stereocenters. The number of rotatable bonds is 5. The molecule has 1 amide bonds. The van der Waals surface area contributed by atoms with E-state index in [1.165, 1.54) is 0 Å². The summed E-state index contributed by atoms with van der Waals surface area (Å²) < 4.78 is 7.06. The van der Waals surface area contributed by atoms with Crippen LogP contribution in [-0.2, 0) is 10.3 Å². The van der Waals surface area contributed by atoms with Crippen LogP contribution >= 0.6 is 0 Å². The van der Waals surface area contributed by atoms with Crippen molar-refractivity contribution in [1.82, 2.24) is 34.5 Å². The third-order valence-corrected chi connectivity index (χ3v) is 6.61. The Morgan fingerprint density at radius 3 is 2.91 bits per heavy atom. The van der Waals surface area contributed by atoms with Gasteiger partial charge in [-0.1, -0.05) is 0 Å². The van der Waals surface area contributed by atoms with Crippen molar-refractivity contribution in [3.05, 3.63) is 31.0 Å². The number of piperidine rings is 1. The second kappa shape index (κ2) is 8.24. The minimum atomic E-state index is -0.338. The monoisotopic (exact) mass is 434 g/mol. The highest BCUT2D eigenvalue weighted by Crippen LogP contribution is 2.37. The first-order valence-electron chi connectivity index (χ1n) is 11.0. The third kappa shape index (κ3) is 3.48. The van der Waals surface area contributed by atoms with Gasteiger partial charge in [0.1, 0.15) is 17.5 Å². The van der Waals surface area contributed by atoms with Gasteiger partial charge in [-0.15, -0.1) is 0 Å². The minimum Gasteiger partial charge on any atom is -0.450 e. The number of fused-ring (bicyclic) bond motifs is 1. The Bertz CT molecular complexity index is 1150. The summed E-state index contributed by atoms with van der Waals surface area (Å²) >= 11 is 0. The fourth-order valence-corrected chi connectivity index (χ4v) is 4.89. The lowest BCUT2D eigenvalue weighted by Gasteiger charge is -2.53. The molecule has 0 bridgehead atoms. The molecule has 10 nitrogen and oxygen atoms in total. The van der Waals surface area contributed by atoms with E-state index in [9.17, 15) is 10.1 Å². The van der Waals surface area contributed by atoms with Crippen molar-refractivity contribution in [2.75, 3.05) is 32.8 Å². The topological polar surface area (TPSA) is 116 Å². The molecule has 1 N–H and O–H groups in total. The quantitative estimate of drug-likeness (QED) is 0.655. The fourth-order valence-electron chi connectivity index (χ4n) is 4.89. The highest BCUT2D eigenvalue weighted by atomic mass is 16.6. The molecule has 2 aliphatic rings. The maximum Gasteiger partial charge on any atom is 0.409 e. The van der Waals surface area contributed by atoms with Crippen molar-refractivity contribution >= 4 is 17.1 Å². The van der Waals surface area contributed by atoms with Crippen molar-refractivity contribution in [1.29, 1.82) is 5.26 Å². The molecule has 0 saturated carbocycles. The number of aromatic amines is 1. The van der Waals surface area contributed by atoms with Crippen LogP contribution in [0.15, 0.2) is 31.0 Å². The Morgan fingerprint density at radius 1 is 1.34 bits per heavy atom. The number of hydrogen-bond acceptors (Lipinski definition) is 7. The molecular formula is C22H26N8O2. The molecule has 5 rings (SSSR count). The van der Waals surface area contributed by atoms with E-state index in [4.69, 9.17) is 4.74 Å². The summed E-state index contributed by atoms with van der Waals surface area (Å²) in [6.07, 6.45) is 9.21. The smallest absolute Gasteiger partial charge is 0.409 e. The zero-order chi connectivity index (χ0) is 22.1. The van der Waals surface area contributed by atoms with Gasteiger partial charge in [0.25, 0.3) is 0 Å². The van der Waals surface area contributed by atoms with Gasteiger partial charge in [0.05, 0.1) is 31.0 Å². The maximum atomic E-state index is 11.9. The molecule has 2 aliphatic heterocycles. The molecule has 0 unspecified atom stereocenters. The van der Waals surface area contributed by atoms with E-state index in [2.05, 4.69) is 31.0 Å². The Morgan fingerprint density at radius 2 is 2.16 bits per heavy atom. The molecule has 0 spiro atoms. The Balaban J connectivity index is 1.28. The average Bonchev–Trinajstić information content (AvgIpc) is 3.46. The Hall–Kier alpha value is -3.45. The lowest BCUT2D eigenvalue weighted by Crippen LogP contribution is -2.66. The Labute approximate surface area is 185 Å². The molecule has 0 aliphatic carbocycles. The number of H-pyrrole nitrogens is 1. The van der Waals surface area contributed by atoms with Crippen molar-refractivity contribution < 1.29 is 9.53 Å². The number of likely N-dealkylation sites (tertiary alicyclic amines) is 2. The lowest BCUT2D eigenvalue weighted by atomic mass is 9.84. The molecule has 0 radical (unpaired) electrons. The summed E-state index contributed by atoms with van der Waals surface area (Å²) in [5.74, 6) is 0. The van der Waals surface area contributed by atoms with Gasteiger partial charge < -0.3 is 14.6 Å². The largest absolute Gasteiger partial charge is 0.450 e. The molecule has 32 heavy (non-hydrogen) atoms. The fraction of sp³-hybridized carbons (Fsp3) is 0.500. The van der Waals surface area contributed by atoms with Crippen molar-refractivity contribution in [3.63, 3.8) is 0 Å². The van der Waals surface area contributed by atoms with Gasteiger partial charge in [-0.25, -0.2) is 14.8 Å². The summed E-state index contributed by atoms with van der Waals surface area (Å²) in [7, 11) is 0. The highest BCUT2D eigenvalue weighted by Gasteiger charge is 2.48. The molecular weight excluding hydrogens is 408 g/mol. The number of nitrogens with one attached hydrogen (secondary N) is 1. The second-order valence-corrected chi connectivity index (χ2v) is 8.52. The van der Waals surface area contributed by atoms with E-state index >= 15 is 0 Å². The predicted molar refractivity (Wildman–Crippen MR) is 117 cm³/mol. The molecule has 166 valence electrons. The molecule has 0 aromatic carbocycles. The van der Waals surface area contributed by atoms with Gasteiger partial charge in [-0.2, -0.15) is 10.4 Å². The number of aromatic nitrogens is 5. The summed E-state index contributed by atoms with van der Waals surface area (Å²) in [6, 6.07) is 4.72. The van der Waals surface area contributed by atoms with Gasteiger partial charge in [0.15, 0.2) is 0 Å². The zero-order valence-corrected chi connectivity index (χ0v) is 18.1. The molecule has 2 saturated heterocycles. The van der Waals surface area contributed by atoms with Crippen LogP contribution in [0.1, 0.15) is 26.2 Å². The van der Waals surface area contributed by atoms with E-state index in [-0.39, 0.29) is 11.6 Å². The van der Waals surface area contributed by atoms with Gasteiger partial charge in [-0.05, 0) is 25.8 Å². The van der Waals surface area contributed by atoms with Crippen molar-refractivity contribution in [2.45, 2.75) is 37.8 Å². The number of ether oxygens (including phenoxy) is 1. The van der Waals surface area contributed by atoms with E-state index in [0.29, 0.717) is 32.2 Å². The number of nitriles is 1. The average molecular weight is 435 g/mol. The van der Waals surface area contributed by atoms with Crippen molar-refractivity contribution in [3.8, 4) is 17.3 Å². The van der Waals surface area contributed by atoms with Crippen LogP contribution in [0.4, 0.5) is 4.79 Å². The highest BCUT2D eigenvalue weighted by molar-refractivity contribution is 5.90. The van der Waals surface area contributed by atoms with Crippen LogP contribution in [-0.4, -0.2) is 79.5 Å². The number of nitrogens with zero attached hydrogens (tertiary/aromatic N) is 7. The van der Waals surface area contributed by atoms with Gasteiger partial charge in [-0.3, -0.25) is 9.58 Å². The standard InChI is InChI=1S/C22H26N8O2/c1-2-32-21(31)28-9-4-17(5-10-28)29-13-22(14-29,6-7-23)30-12-16(11-27-30)19-18-3-8-24-20(18)26-15-25-19/h3,8,11-12,15,17H,2,4-6,9-10,13-14H2,1H3,(H,24,25,26). The van der Waals surface area contributed by atoms with Gasteiger partial charge in [0.2, 0.25) is 0 Å². The minimum absolute atomic E-state index is 0.223. The molecule has 10 heteroatoms. The summed E-state index contributed by atoms with van der Waals surface area (Å²) in [5.41, 5.74) is 2.20. The first kappa shape index (κ1) is 20.5. The first-order valence-corrected chi connectivity index (χ1v) is 11.0. The SMILES string of the molecule is CCOC(=O)N1CCC(N2CC(CC#N)(n3cc(-c4ncnc5[nH]ccc45)cn3)C2)CC1. The number of amides is 1. The number of carbonyl (C=O) groups is 1. The zero-order valence-electron chi connectivity index (χ0n) is 18.1. The van der Waals surface area contributed by atoms with E-state index in [0.717, 1.165) is 48.2 Å². The van der Waals surface area contributed by atoms with Gasteiger partial charge in [0, 0.05) is 55.6 Å². The third-order valence-electron chi connectivity index (χ3n) is 6.61. The maximum absolute atomic E-state index is 11.9. The molecule has 2 fully saturated rings. The van der Waals surface area contributed by atoms with Gasteiger partial charge >= 0.3 is 6.09 Å². The van der Waals surface area contributed by atoms with Crippen LogP contribution in [0.3, 0.4) is 0 Å². The van der Waals surface area contributed by atoms with E-state index in [1.807, 2.05) is 36.3 Å². The number of hydrogen-bond donors (Lipinski definition) is 1. The molecule has 3 aromatic heterocycles. The molecule has 5 heterocycles. The van der Waals surface area contributed by atoms with E-state index in [1.54, 1.807) is 11.2 Å². The summed E-state index contributed by atoms with van der Waals surface area (Å²) in [6.45, 7) is 5.18.